The summed E-state index contributed by atoms with van der Waals surface area (Å²) in [7, 11) is 1.59. The molecule has 0 saturated heterocycles. The standard InChI is InChI=1S/C14H16N2O2/c1-3-16-10-11(9-15-16)7-14(17)12-5-4-6-13(8-12)18-2/h4-6,8-10H,3,7H2,1-2H3. The van der Waals surface area contributed by atoms with Crippen LogP contribution < -0.4 is 4.74 Å². The minimum Gasteiger partial charge on any atom is -0.497 e. The smallest absolute Gasteiger partial charge is 0.167 e. The Hall–Kier alpha value is -2.10. The van der Waals surface area contributed by atoms with E-state index in [0.717, 1.165) is 12.1 Å². The zero-order valence-electron chi connectivity index (χ0n) is 10.6. The van der Waals surface area contributed by atoms with Crippen molar-refractivity contribution in [2.45, 2.75) is 19.9 Å². The van der Waals surface area contributed by atoms with E-state index in [0.29, 0.717) is 17.7 Å². The van der Waals surface area contributed by atoms with Gasteiger partial charge in [0.15, 0.2) is 5.78 Å². The molecule has 0 radical (unpaired) electrons. The molecule has 0 aliphatic rings. The topological polar surface area (TPSA) is 44.1 Å². The Morgan fingerprint density at radius 3 is 2.94 bits per heavy atom. The highest BCUT2D eigenvalue weighted by Gasteiger charge is 2.09. The van der Waals surface area contributed by atoms with Gasteiger partial charge in [-0.05, 0) is 24.6 Å². The SMILES string of the molecule is CCn1cc(CC(=O)c2cccc(OC)c2)cn1. The van der Waals surface area contributed by atoms with Crippen molar-refractivity contribution in [3.8, 4) is 5.75 Å². The first-order chi connectivity index (χ1) is 8.72. The maximum Gasteiger partial charge on any atom is 0.167 e. The van der Waals surface area contributed by atoms with E-state index in [1.165, 1.54) is 0 Å². The number of nitrogens with zero attached hydrogens (tertiary/aromatic N) is 2. The first-order valence-electron chi connectivity index (χ1n) is 5.91. The normalized spacial score (nSPS) is 10.3. The van der Waals surface area contributed by atoms with Crippen molar-refractivity contribution in [1.82, 2.24) is 9.78 Å². The fraction of sp³-hybridized carbons (Fsp3) is 0.286. The Kier molecular flexibility index (Phi) is 3.77. The van der Waals surface area contributed by atoms with E-state index < -0.39 is 0 Å². The number of aryl methyl sites for hydroxylation is 1. The highest BCUT2D eigenvalue weighted by atomic mass is 16.5. The second kappa shape index (κ2) is 5.49. The predicted molar refractivity (Wildman–Crippen MR) is 68.9 cm³/mol. The maximum atomic E-state index is 12.1. The predicted octanol–water partition coefficient (Wildman–Crippen LogP) is 2.34. The summed E-state index contributed by atoms with van der Waals surface area (Å²) in [6.45, 7) is 2.83. The lowest BCUT2D eigenvalue weighted by molar-refractivity contribution is 0.0992. The van der Waals surface area contributed by atoms with E-state index in [9.17, 15) is 4.79 Å². The molecule has 0 N–H and O–H groups in total. The van der Waals surface area contributed by atoms with Gasteiger partial charge in [-0.3, -0.25) is 9.48 Å². The molecule has 2 aromatic rings. The number of carbonyl (C=O) groups is 1. The number of rotatable bonds is 5. The second-order valence-electron chi connectivity index (χ2n) is 4.04. The zero-order chi connectivity index (χ0) is 13.0. The van der Waals surface area contributed by atoms with E-state index in [4.69, 9.17) is 4.74 Å². The third-order valence-electron chi connectivity index (χ3n) is 2.77. The Labute approximate surface area is 106 Å². The average Bonchev–Trinajstić information content (AvgIpc) is 2.86. The zero-order valence-corrected chi connectivity index (χ0v) is 10.6. The van der Waals surface area contributed by atoms with Crippen molar-refractivity contribution in [3.05, 3.63) is 47.8 Å². The van der Waals surface area contributed by atoms with E-state index in [-0.39, 0.29) is 5.78 Å². The summed E-state index contributed by atoms with van der Waals surface area (Å²) in [5.41, 5.74) is 1.60. The Balaban J connectivity index is 2.11. The van der Waals surface area contributed by atoms with Crippen LogP contribution in [0.2, 0.25) is 0 Å². The van der Waals surface area contributed by atoms with Gasteiger partial charge in [0.1, 0.15) is 5.75 Å². The van der Waals surface area contributed by atoms with Crippen LogP contribution in [-0.4, -0.2) is 22.7 Å². The molecule has 0 saturated carbocycles. The van der Waals surface area contributed by atoms with E-state index in [1.54, 1.807) is 25.4 Å². The fourth-order valence-corrected chi connectivity index (χ4v) is 1.75. The minimum absolute atomic E-state index is 0.0737. The number of ketones is 1. The number of hydrogen-bond acceptors (Lipinski definition) is 3. The number of benzene rings is 1. The van der Waals surface area contributed by atoms with Crippen LogP contribution in [0.5, 0.6) is 5.75 Å². The molecule has 1 heterocycles. The summed E-state index contributed by atoms with van der Waals surface area (Å²) in [5, 5.41) is 4.15. The third kappa shape index (κ3) is 2.77. The van der Waals surface area contributed by atoms with Gasteiger partial charge in [0.25, 0.3) is 0 Å². The molecule has 0 bridgehead atoms. The van der Waals surface area contributed by atoms with Crippen LogP contribution in [0.4, 0.5) is 0 Å². The molecule has 0 atom stereocenters. The van der Waals surface area contributed by atoms with Crippen LogP contribution in [0.15, 0.2) is 36.7 Å². The third-order valence-corrected chi connectivity index (χ3v) is 2.77. The molecule has 0 unspecified atom stereocenters. The van der Waals surface area contributed by atoms with Crippen LogP contribution in [0, 0.1) is 0 Å². The van der Waals surface area contributed by atoms with Crippen molar-refractivity contribution in [3.63, 3.8) is 0 Å². The number of ether oxygens (including phenoxy) is 1. The molecule has 2 rings (SSSR count). The van der Waals surface area contributed by atoms with Crippen molar-refractivity contribution in [2.75, 3.05) is 7.11 Å². The summed E-state index contributed by atoms with van der Waals surface area (Å²) in [6, 6.07) is 7.20. The van der Waals surface area contributed by atoms with Gasteiger partial charge < -0.3 is 4.74 Å². The Morgan fingerprint density at radius 2 is 2.28 bits per heavy atom. The molecular formula is C14H16N2O2. The number of Topliss-reactive ketones (excluding diaryl/α,β-unsaturated/α-hetero) is 1. The summed E-state index contributed by atoms with van der Waals surface area (Å²) < 4.78 is 6.92. The lowest BCUT2D eigenvalue weighted by Crippen LogP contribution is -2.03. The van der Waals surface area contributed by atoms with E-state index >= 15 is 0 Å². The fourth-order valence-electron chi connectivity index (χ4n) is 1.75. The van der Waals surface area contributed by atoms with Gasteiger partial charge in [0.2, 0.25) is 0 Å². The molecule has 0 fully saturated rings. The van der Waals surface area contributed by atoms with Crippen LogP contribution in [0.3, 0.4) is 0 Å². The number of aromatic nitrogens is 2. The molecule has 4 heteroatoms. The molecule has 4 nitrogen and oxygen atoms in total. The van der Waals surface area contributed by atoms with Crippen LogP contribution >= 0.6 is 0 Å². The summed E-state index contributed by atoms with van der Waals surface area (Å²) in [5.74, 6) is 0.773. The van der Waals surface area contributed by atoms with Crippen LogP contribution in [0.1, 0.15) is 22.8 Å². The first kappa shape index (κ1) is 12.4. The number of methoxy groups -OCH3 is 1. The van der Waals surface area contributed by atoms with Crippen molar-refractivity contribution >= 4 is 5.78 Å². The lowest BCUT2D eigenvalue weighted by Gasteiger charge is -2.02. The van der Waals surface area contributed by atoms with Gasteiger partial charge in [0, 0.05) is 24.7 Å². The van der Waals surface area contributed by atoms with E-state index in [2.05, 4.69) is 5.10 Å². The second-order valence-corrected chi connectivity index (χ2v) is 4.04. The first-order valence-corrected chi connectivity index (χ1v) is 5.91. The van der Waals surface area contributed by atoms with Gasteiger partial charge >= 0.3 is 0 Å². The van der Waals surface area contributed by atoms with Crippen LogP contribution in [-0.2, 0) is 13.0 Å². The molecule has 94 valence electrons. The van der Waals surface area contributed by atoms with Crippen molar-refractivity contribution < 1.29 is 9.53 Å². The molecule has 1 aromatic heterocycles. The number of hydrogen-bond donors (Lipinski definition) is 0. The molecule has 18 heavy (non-hydrogen) atoms. The van der Waals surface area contributed by atoms with Gasteiger partial charge in [0.05, 0.1) is 13.3 Å². The van der Waals surface area contributed by atoms with Gasteiger partial charge in [-0.1, -0.05) is 12.1 Å². The van der Waals surface area contributed by atoms with Crippen molar-refractivity contribution in [2.24, 2.45) is 0 Å². The lowest BCUT2D eigenvalue weighted by atomic mass is 10.1. The highest BCUT2D eigenvalue weighted by molar-refractivity contribution is 5.97. The number of carbonyl (C=O) groups excluding carboxylic acids is 1. The van der Waals surface area contributed by atoms with Gasteiger partial charge in [-0.2, -0.15) is 5.10 Å². The van der Waals surface area contributed by atoms with Gasteiger partial charge in [-0.15, -0.1) is 0 Å². The molecule has 0 aliphatic carbocycles. The Bertz CT molecular complexity index is 546. The van der Waals surface area contributed by atoms with E-state index in [1.807, 2.05) is 29.9 Å². The molecular weight excluding hydrogens is 228 g/mol. The summed E-state index contributed by atoms with van der Waals surface area (Å²) in [4.78, 5) is 12.1. The van der Waals surface area contributed by atoms with Crippen LogP contribution in [0.25, 0.3) is 0 Å². The largest absolute Gasteiger partial charge is 0.497 e. The average molecular weight is 244 g/mol. The monoisotopic (exact) mass is 244 g/mol. The molecule has 1 aromatic carbocycles. The summed E-state index contributed by atoms with van der Waals surface area (Å²) >= 11 is 0. The summed E-state index contributed by atoms with van der Waals surface area (Å²) in [6.07, 6.45) is 4.01. The maximum absolute atomic E-state index is 12.1. The molecule has 0 spiro atoms. The Morgan fingerprint density at radius 1 is 1.44 bits per heavy atom. The minimum atomic E-state index is 0.0737. The highest BCUT2D eigenvalue weighted by Crippen LogP contribution is 2.14. The quantitative estimate of drug-likeness (QED) is 0.758. The molecule has 0 aliphatic heterocycles. The molecule has 0 amide bonds. The van der Waals surface area contributed by atoms with Crippen molar-refractivity contribution in [1.29, 1.82) is 0 Å². The van der Waals surface area contributed by atoms with Gasteiger partial charge in [-0.25, -0.2) is 0 Å².